The summed E-state index contributed by atoms with van der Waals surface area (Å²) in [4.78, 5) is 0. The second-order valence-electron chi connectivity index (χ2n) is 5.19. The molecule has 0 aliphatic heterocycles. The van der Waals surface area contributed by atoms with Gasteiger partial charge in [-0.15, -0.1) is 0 Å². The summed E-state index contributed by atoms with van der Waals surface area (Å²) in [5.41, 5.74) is 0.473. The van der Waals surface area contributed by atoms with E-state index in [1.807, 2.05) is 0 Å². The molecule has 14 heavy (non-hydrogen) atoms. The lowest BCUT2D eigenvalue weighted by atomic mass is 9.70. The Morgan fingerprint density at radius 2 is 2.29 bits per heavy atom. The summed E-state index contributed by atoms with van der Waals surface area (Å²) in [6, 6.07) is 0. The molecule has 3 atom stereocenters. The number of rotatable bonds is 2. The van der Waals surface area contributed by atoms with Gasteiger partial charge in [-0.05, 0) is 30.6 Å². The van der Waals surface area contributed by atoms with Gasteiger partial charge in [0.2, 0.25) is 0 Å². The van der Waals surface area contributed by atoms with Crippen LogP contribution in [0.2, 0.25) is 0 Å². The van der Waals surface area contributed by atoms with Gasteiger partial charge in [0.05, 0.1) is 5.75 Å². The van der Waals surface area contributed by atoms with Crippen LogP contribution in [0.15, 0.2) is 0 Å². The fourth-order valence-corrected chi connectivity index (χ4v) is 4.50. The van der Waals surface area contributed by atoms with Crippen LogP contribution in [0.25, 0.3) is 0 Å². The maximum atomic E-state index is 11.0. The SMILES string of the molecule is CC1(C)C2CC[C@]1(CS(=O)O)C(=N)C2. The van der Waals surface area contributed by atoms with E-state index in [0.717, 1.165) is 19.3 Å². The lowest BCUT2D eigenvalue weighted by Gasteiger charge is -2.36. The van der Waals surface area contributed by atoms with Gasteiger partial charge in [-0.1, -0.05) is 13.8 Å². The van der Waals surface area contributed by atoms with Crippen molar-refractivity contribution < 1.29 is 8.76 Å². The molecule has 2 rings (SSSR count). The van der Waals surface area contributed by atoms with Crippen molar-refractivity contribution in [1.82, 2.24) is 0 Å². The smallest absolute Gasteiger partial charge is 0.153 e. The quantitative estimate of drug-likeness (QED) is 0.692. The van der Waals surface area contributed by atoms with Crippen LogP contribution in [-0.4, -0.2) is 20.2 Å². The van der Waals surface area contributed by atoms with Gasteiger partial charge in [-0.25, -0.2) is 4.21 Å². The summed E-state index contributed by atoms with van der Waals surface area (Å²) in [6.45, 7) is 4.30. The number of fused-ring (bicyclic) bond motifs is 2. The number of hydrogen-bond donors (Lipinski definition) is 2. The summed E-state index contributed by atoms with van der Waals surface area (Å²) in [5, 5.41) is 7.99. The molecule has 0 aromatic heterocycles. The van der Waals surface area contributed by atoms with Gasteiger partial charge in [0.25, 0.3) is 0 Å². The standard InChI is InChI=1S/C10H17NO2S/c1-9(2)7-3-4-10(9,6-14(12)13)8(11)5-7/h7,11H,3-6H2,1-2H3,(H,12,13)/t7?,10-/m0/s1. The topological polar surface area (TPSA) is 61.1 Å². The summed E-state index contributed by atoms with van der Waals surface area (Å²) >= 11 is -1.78. The first-order chi connectivity index (χ1) is 6.40. The largest absolute Gasteiger partial charge is 0.309 e. The highest BCUT2D eigenvalue weighted by atomic mass is 32.2. The Morgan fingerprint density at radius 3 is 2.64 bits per heavy atom. The van der Waals surface area contributed by atoms with E-state index >= 15 is 0 Å². The van der Waals surface area contributed by atoms with E-state index in [1.54, 1.807) is 0 Å². The van der Waals surface area contributed by atoms with Crippen LogP contribution in [0.3, 0.4) is 0 Å². The van der Waals surface area contributed by atoms with Crippen LogP contribution in [-0.2, 0) is 11.1 Å². The van der Waals surface area contributed by atoms with E-state index in [2.05, 4.69) is 13.8 Å². The zero-order chi connectivity index (χ0) is 10.6. The Morgan fingerprint density at radius 1 is 1.64 bits per heavy atom. The van der Waals surface area contributed by atoms with Crippen molar-refractivity contribution in [2.45, 2.75) is 33.1 Å². The molecule has 4 heteroatoms. The summed E-state index contributed by atoms with van der Waals surface area (Å²) in [5.74, 6) is 0.813. The minimum atomic E-state index is -1.78. The fourth-order valence-electron chi connectivity index (χ4n) is 3.39. The molecular weight excluding hydrogens is 198 g/mol. The molecule has 2 fully saturated rings. The van der Waals surface area contributed by atoms with Gasteiger partial charge in [0, 0.05) is 11.1 Å². The van der Waals surface area contributed by atoms with E-state index in [9.17, 15) is 4.21 Å². The van der Waals surface area contributed by atoms with Crippen molar-refractivity contribution in [3.63, 3.8) is 0 Å². The molecule has 0 radical (unpaired) electrons. The minimum absolute atomic E-state index is 0.0441. The van der Waals surface area contributed by atoms with Crippen molar-refractivity contribution in [3.05, 3.63) is 0 Å². The second-order valence-corrected chi connectivity index (χ2v) is 6.12. The Bertz CT molecular complexity index is 313. The highest BCUT2D eigenvalue weighted by Gasteiger charge is 2.62. The monoisotopic (exact) mass is 215 g/mol. The van der Waals surface area contributed by atoms with Crippen molar-refractivity contribution in [2.75, 3.05) is 5.75 Å². The van der Waals surface area contributed by atoms with Crippen molar-refractivity contribution in [1.29, 1.82) is 5.41 Å². The van der Waals surface area contributed by atoms with E-state index in [1.165, 1.54) is 0 Å². The number of hydrogen-bond acceptors (Lipinski definition) is 2. The average molecular weight is 215 g/mol. The third-order valence-corrected chi connectivity index (χ3v) is 5.31. The first-order valence-electron chi connectivity index (χ1n) is 5.05. The van der Waals surface area contributed by atoms with Crippen molar-refractivity contribution in [2.24, 2.45) is 16.7 Å². The van der Waals surface area contributed by atoms with Gasteiger partial charge in [0.15, 0.2) is 11.1 Å². The first kappa shape index (κ1) is 10.3. The fraction of sp³-hybridized carbons (Fsp3) is 0.900. The average Bonchev–Trinajstić information content (AvgIpc) is 2.36. The molecule has 2 aliphatic carbocycles. The molecule has 0 aromatic carbocycles. The molecule has 0 aromatic rings. The van der Waals surface area contributed by atoms with Gasteiger partial charge < -0.3 is 9.96 Å². The molecule has 2 N–H and O–H groups in total. The van der Waals surface area contributed by atoms with Crippen LogP contribution in [0.1, 0.15) is 33.1 Å². The van der Waals surface area contributed by atoms with E-state index in [4.69, 9.17) is 9.96 Å². The van der Waals surface area contributed by atoms with Gasteiger partial charge in [-0.3, -0.25) is 0 Å². The molecular formula is C10H17NO2S. The predicted octanol–water partition coefficient (Wildman–Crippen LogP) is 2.05. The normalized spacial score (nSPS) is 41.6. The van der Waals surface area contributed by atoms with Gasteiger partial charge >= 0.3 is 0 Å². The Kier molecular flexibility index (Phi) is 2.13. The molecule has 3 nitrogen and oxygen atoms in total. The predicted molar refractivity (Wildman–Crippen MR) is 56.9 cm³/mol. The highest BCUT2D eigenvalue weighted by Crippen LogP contribution is 2.64. The summed E-state index contributed by atoms with van der Waals surface area (Å²) in [7, 11) is 0. The molecule has 2 aliphatic rings. The van der Waals surface area contributed by atoms with Crippen LogP contribution in [0.5, 0.6) is 0 Å². The molecule has 2 bridgehead atoms. The van der Waals surface area contributed by atoms with E-state index in [-0.39, 0.29) is 16.6 Å². The summed E-state index contributed by atoms with van der Waals surface area (Å²) in [6.07, 6.45) is 2.88. The van der Waals surface area contributed by atoms with Crippen LogP contribution in [0.4, 0.5) is 0 Å². The van der Waals surface area contributed by atoms with Crippen molar-refractivity contribution >= 4 is 16.8 Å². The molecule has 0 amide bonds. The zero-order valence-electron chi connectivity index (χ0n) is 8.67. The molecule has 0 saturated heterocycles. The number of nitrogens with one attached hydrogen (secondary N) is 1. The third kappa shape index (κ3) is 1.07. The summed E-state index contributed by atoms with van der Waals surface area (Å²) < 4.78 is 20.0. The maximum absolute atomic E-state index is 11.0. The third-order valence-electron chi connectivity index (χ3n) is 4.57. The van der Waals surface area contributed by atoms with Gasteiger partial charge in [-0.2, -0.15) is 0 Å². The zero-order valence-corrected chi connectivity index (χ0v) is 9.49. The Labute approximate surface area is 87.1 Å². The Hall–Kier alpha value is -0.220. The van der Waals surface area contributed by atoms with Crippen LogP contribution >= 0.6 is 0 Å². The van der Waals surface area contributed by atoms with E-state index < -0.39 is 11.1 Å². The molecule has 2 saturated carbocycles. The Balaban J connectivity index is 2.39. The molecule has 2 unspecified atom stereocenters. The second kappa shape index (κ2) is 2.89. The van der Waals surface area contributed by atoms with Crippen LogP contribution < -0.4 is 0 Å². The van der Waals surface area contributed by atoms with Crippen molar-refractivity contribution in [3.8, 4) is 0 Å². The lowest BCUT2D eigenvalue weighted by Crippen LogP contribution is -2.40. The lowest BCUT2D eigenvalue weighted by molar-refractivity contribution is 0.195. The van der Waals surface area contributed by atoms with Gasteiger partial charge in [0.1, 0.15) is 0 Å². The molecule has 80 valence electrons. The van der Waals surface area contributed by atoms with E-state index in [0.29, 0.717) is 11.6 Å². The first-order valence-corrected chi connectivity index (χ1v) is 6.33. The highest BCUT2D eigenvalue weighted by molar-refractivity contribution is 7.79. The maximum Gasteiger partial charge on any atom is 0.153 e. The molecule has 0 heterocycles. The minimum Gasteiger partial charge on any atom is -0.309 e. The van der Waals surface area contributed by atoms with Crippen LogP contribution in [0, 0.1) is 22.2 Å². The molecule has 0 spiro atoms.